The molecule has 0 aromatic carbocycles. The number of aliphatic hydroxyl groups is 1. The number of carboxylic acids is 2. The lowest BCUT2D eigenvalue weighted by Crippen LogP contribution is -2.44. The summed E-state index contributed by atoms with van der Waals surface area (Å²) in [7, 11) is 0. The molecule has 0 aliphatic rings. The molecule has 0 saturated heterocycles. The molecule has 0 fully saturated rings. The summed E-state index contributed by atoms with van der Waals surface area (Å²) in [6.07, 6.45) is 1.21. The molecule has 1 unspecified atom stereocenters. The van der Waals surface area contributed by atoms with Crippen LogP contribution in [0.25, 0.3) is 0 Å². The van der Waals surface area contributed by atoms with Crippen molar-refractivity contribution >= 4 is 23.8 Å². The van der Waals surface area contributed by atoms with Crippen molar-refractivity contribution in [2.75, 3.05) is 13.2 Å². The van der Waals surface area contributed by atoms with Crippen LogP contribution in [0.4, 0.5) is 0 Å². The molecular formula is C12H13N3O7. The third-order valence-corrected chi connectivity index (χ3v) is 2.45. The van der Waals surface area contributed by atoms with E-state index >= 15 is 0 Å². The highest BCUT2D eigenvalue weighted by Crippen LogP contribution is 2.06. The fourth-order valence-electron chi connectivity index (χ4n) is 1.43. The number of nitrogens with one attached hydrogen (secondary N) is 2. The molecule has 1 aromatic heterocycles. The van der Waals surface area contributed by atoms with Crippen molar-refractivity contribution < 1.29 is 34.5 Å². The first-order valence-electron chi connectivity index (χ1n) is 5.96. The van der Waals surface area contributed by atoms with Crippen LogP contribution in [0.5, 0.6) is 0 Å². The maximum Gasteiger partial charge on any atom is 0.328 e. The molecule has 118 valence electrons. The van der Waals surface area contributed by atoms with E-state index in [2.05, 4.69) is 10.3 Å². The standard InChI is InChI=1S/C12H13N3O7/c16-5-7(12(21)22)15-11(20)9-6(2-1-3-13-9)10(19)14-4-8(17)18/h1-3,7,16H,4-5H2,(H,14,19)(H,15,20)(H,17,18)(H,21,22). The highest BCUT2D eigenvalue weighted by atomic mass is 16.4. The second-order valence-corrected chi connectivity index (χ2v) is 4.02. The summed E-state index contributed by atoms with van der Waals surface area (Å²) in [5.41, 5.74) is -0.603. The molecule has 0 saturated carbocycles. The molecule has 1 heterocycles. The molecule has 22 heavy (non-hydrogen) atoms. The Kier molecular flexibility index (Phi) is 5.96. The quantitative estimate of drug-likeness (QED) is 0.388. The molecule has 0 aliphatic carbocycles. The van der Waals surface area contributed by atoms with Gasteiger partial charge in [-0.3, -0.25) is 19.4 Å². The molecule has 10 heteroatoms. The third-order valence-electron chi connectivity index (χ3n) is 2.45. The topological polar surface area (TPSA) is 166 Å². The molecular weight excluding hydrogens is 298 g/mol. The van der Waals surface area contributed by atoms with Crippen LogP contribution < -0.4 is 10.6 Å². The number of rotatable bonds is 7. The van der Waals surface area contributed by atoms with Gasteiger partial charge in [-0.2, -0.15) is 0 Å². The van der Waals surface area contributed by atoms with Gasteiger partial charge in [0.2, 0.25) is 0 Å². The van der Waals surface area contributed by atoms with Crippen molar-refractivity contribution in [3.05, 3.63) is 29.6 Å². The van der Waals surface area contributed by atoms with Gasteiger partial charge in [-0.25, -0.2) is 4.79 Å². The van der Waals surface area contributed by atoms with Crippen molar-refractivity contribution in [3.8, 4) is 0 Å². The van der Waals surface area contributed by atoms with E-state index in [1.54, 1.807) is 0 Å². The minimum atomic E-state index is -1.55. The summed E-state index contributed by atoms with van der Waals surface area (Å²) in [4.78, 5) is 48.6. The van der Waals surface area contributed by atoms with E-state index in [1.807, 2.05) is 5.32 Å². The number of carbonyl (C=O) groups excluding carboxylic acids is 2. The van der Waals surface area contributed by atoms with E-state index in [0.717, 1.165) is 0 Å². The molecule has 0 bridgehead atoms. The normalized spacial score (nSPS) is 11.3. The lowest BCUT2D eigenvalue weighted by atomic mass is 10.1. The van der Waals surface area contributed by atoms with Crippen molar-refractivity contribution in [3.63, 3.8) is 0 Å². The number of hydrogen-bond acceptors (Lipinski definition) is 6. The Morgan fingerprint density at radius 3 is 2.41 bits per heavy atom. The summed E-state index contributed by atoms with van der Waals surface area (Å²) in [5, 5.41) is 30.2. The number of hydrogen-bond donors (Lipinski definition) is 5. The van der Waals surface area contributed by atoms with Crippen LogP contribution in [-0.4, -0.2) is 63.3 Å². The van der Waals surface area contributed by atoms with Crippen LogP contribution >= 0.6 is 0 Å². The van der Waals surface area contributed by atoms with E-state index in [0.29, 0.717) is 0 Å². The van der Waals surface area contributed by atoms with Crippen LogP contribution in [0.1, 0.15) is 20.8 Å². The molecule has 10 nitrogen and oxygen atoms in total. The van der Waals surface area contributed by atoms with Gasteiger partial charge in [0.05, 0.1) is 12.2 Å². The zero-order chi connectivity index (χ0) is 16.7. The molecule has 0 aliphatic heterocycles. The van der Waals surface area contributed by atoms with Crippen LogP contribution in [0, 0.1) is 0 Å². The van der Waals surface area contributed by atoms with E-state index in [-0.39, 0.29) is 11.3 Å². The van der Waals surface area contributed by atoms with E-state index < -0.39 is 42.9 Å². The van der Waals surface area contributed by atoms with Crippen molar-refractivity contribution in [2.24, 2.45) is 0 Å². The predicted molar refractivity (Wildman–Crippen MR) is 70.2 cm³/mol. The molecule has 2 amide bonds. The first kappa shape index (κ1) is 17.0. The number of aliphatic hydroxyl groups excluding tert-OH is 1. The van der Waals surface area contributed by atoms with Crippen molar-refractivity contribution in [2.45, 2.75) is 6.04 Å². The second-order valence-electron chi connectivity index (χ2n) is 4.02. The first-order valence-corrected chi connectivity index (χ1v) is 5.96. The van der Waals surface area contributed by atoms with Gasteiger partial charge >= 0.3 is 11.9 Å². The number of carbonyl (C=O) groups is 4. The van der Waals surface area contributed by atoms with Crippen LogP contribution in [0.15, 0.2) is 18.3 Å². The number of pyridine rings is 1. The number of amides is 2. The number of nitrogens with zero attached hydrogens (tertiary/aromatic N) is 1. The minimum Gasteiger partial charge on any atom is -0.480 e. The summed E-state index contributed by atoms with van der Waals surface area (Å²) in [6, 6.07) is 1.03. The minimum absolute atomic E-state index is 0.219. The number of aromatic nitrogens is 1. The smallest absolute Gasteiger partial charge is 0.328 e. The van der Waals surface area contributed by atoms with Crippen LogP contribution in [-0.2, 0) is 9.59 Å². The van der Waals surface area contributed by atoms with E-state index in [9.17, 15) is 19.2 Å². The van der Waals surface area contributed by atoms with Gasteiger partial charge in [0, 0.05) is 6.20 Å². The van der Waals surface area contributed by atoms with Gasteiger partial charge in [-0.15, -0.1) is 0 Å². The second kappa shape index (κ2) is 7.69. The lowest BCUT2D eigenvalue weighted by molar-refractivity contribution is -0.140. The Morgan fingerprint density at radius 2 is 1.86 bits per heavy atom. The van der Waals surface area contributed by atoms with Crippen molar-refractivity contribution in [1.29, 1.82) is 0 Å². The number of carboxylic acid groups (broad SMARTS) is 2. The highest BCUT2D eigenvalue weighted by Gasteiger charge is 2.24. The zero-order valence-electron chi connectivity index (χ0n) is 11.1. The van der Waals surface area contributed by atoms with Gasteiger partial charge in [0.25, 0.3) is 11.8 Å². The summed E-state index contributed by atoms with van der Waals surface area (Å²) < 4.78 is 0. The van der Waals surface area contributed by atoms with Gasteiger partial charge in [0.15, 0.2) is 6.04 Å². The van der Waals surface area contributed by atoms with Crippen LogP contribution in [0.2, 0.25) is 0 Å². The maximum absolute atomic E-state index is 11.9. The summed E-state index contributed by atoms with van der Waals surface area (Å²) >= 11 is 0. The van der Waals surface area contributed by atoms with Crippen molar-refractivity contribution in [1.82, 2.24) is 15.6 Å². The first-order chi connectivity index (χ1) is 10.4. The average Bonchev–Trinajstić information content (AvgIpc) is 2.49. The molecule has 1 aromatic rings. The Morgan fingerprint density at radius 1 is 1.18 bits per heavy atom. The fraction of sp³-hybridized carbons (Fsp3) is 0.250. The number of aliphatic carboxylic acids is 2. The molecule has 1 rings (SSSR count). The van der Waals surface area contributed by atoms with E-state index in [1.165, 1.54) is 18.3 Å². The van der Waals surface area contributed by atoms with Gasteiger partial charge < -0.3 is 26.0 Å². The Labute approximate surface area is 123 Å². The van der Waals surface area contributed by atoms with E-state index in [4.69, 9.17) is 15.3 Å². The molecule has 0 radical (unpaired) electrons. The fourth-order valence-corrected chi connectivity index (χ4v) is 1.43. The summed E-state index contributed by atoms with van der Waals surface area (Å²) in [6.45, 7) is -1.49. The van der Waals surface area contributed by atoms with Gasteiger partial charge in [0.1, 0.15) is 12.2 Å². The largest absolute Gasteiger partial charge is 0.480 e. The van der Waals surface area contributed by atoms with Gasteiger partial charge in [-0.1, -0.05) is 0 Å². The monoisotopic (exact) mass is 311 g/mol. The average molecular weight is 311 g/mol. The Balaban J connectivity index is 2.95. The SMILES string of the molecule is O=C(O)CNC(=O)c1cccnc1C(=O)NC(CO)C(=O)O. The Bertz CT molecular complexity index is 602. The zero-order valence-corrected chi connectivity index (χ0v) is 11.1. The van der Waals surface area contributed by atoms with Gasteiger partial charge in [-0.05, 0) is 12.1 Å². The predicted octanol–water partition coefficient (Wildman–Crippen LogP) is -1.93. The third kappa shape index (κ3) is 4.52. The highest BCUT2D eigenvalue weighted by molar-refractivity contribution is 6.07. The Hall–Kier alpha value is -3.01. The van der Waals surface area contributed by atoms with Crippen LogP contribution in [0.3, 0.4) is 0 Å². The maximum atomic E-state index is 11.9. The lowest BCUT2D eigenvalue weighted by Gasteiger charge is -2.13. The molecule has 5 N–H and O–H groups in total. The molecule has 1 atom stereocenters. The summed E-state index contributed by atoms with van der Waals surface area (Å²) in [5.74, 6) is -4.56. The molecule has 0 spiro atoms.